The van der Waals surface area contributed by atoms with Crippen molar-refractivity contribution < 1.29 is 16.8 Å². The van der Waals surface area contributed by atoms with E-state index in [-0.39, 0.29) is 13.2 Å². The highest BCUT2D eigenvalue weighted by molar-refractivity contribution is 7.89. The molecule has 0 bridgehead atoms. The number of nitrogens with zero attached hydrogens (tertiary/aromatic N) is 2. The van der Waals surface area contributed by atoms with Crippen molar-refractivity contribution in [3.8, 4) is 0 Å². The van der Waals surface area contributed by atoms with E-state index < -0.39 is 20.0 Å². The van der Waals surface area contributed by atoms with E-state index in [1.165, 1.54) is 14.1 Å². The Labute approximate surface area is 169 Å². The molecule has 0 aliphatic carbocycles. The van der Waals surface area contributed by atoms with Gasteiger partial charge in [-0.1, -0.05) is 35.4 Å². The summed E-state index contributed by atoms with van der Waals surface area (Å²) >= 11 is 0. The third kappa shape index (κ3) is 5.88. The first-order valence-corrected chi connectivity index (χ1v) is 11.9. The second-order valence-electron chi connectivity index (χ2n) is 6.29. The Morgan fingerprint density at radius 1 is 0.679 bits per heavy atom. The topological polar surface area (TPSA) is 77.3 Å². The van der Waals surface area contributed by atoms with Crippen molar-refractivity contribution >= 4 is 20.0 Å². The molecular weight excluding hydrogens is 396 g/mol. The van der Waals surface area contributed by atoms with Crippen LogP contribution in [0.3, 0.4) is 0 Å². The summed E-state index contributed by atoms with van der Waals surface area (Å²) in [4.78, 5) is 1.12. The first-order valence-electron chi connectivity index (χ1n) is 9.05. The molecule has 2 aromatic carbocycles. The Morgan fingerprint density at radius 3 is 1.29 bits per heavy atom. The highest BCUT2D eigenvalue weighted by Gasteiger charge is 2.14. The van der Waals surface area contributed by atoms with Crippen LogP contribution in [0, 0.1) is 13.8 Å². The van der Waals surface area contributed by atoms with E-state index in [1.54, 1.807) is 24.3 Å². The van der Waals surface area contributed by atoms with Gasteiger partial charge in [0, 0.05) is 14.1 Å². The maximum absolute atomic E-state index is 12.8. The van der Waals surface area contributed by atoms with Crippen molar-refractivity contribution in [1.29, 1.82) is 0 Å². The van der Waals surface area contributed by atoms with Gasteiger partial charge in [0.1, 0.15) is 0 Å². The Morgan fingerprint density at radius 2 is 1.00 bits per heavy atom. The summed E-state index contributed by atoms with van der Waals surface area (Å²) in [6, 6.07) is 14.6. The normalized spacial score (nSPS) is 15.4. The second kappa shape index (κ2) is 10.2. The zero-order valence-electron chi connectivity index (χ0n) is 16.8. The van der Waals surface area contributed by atoms with E-state index in [0.717, 1.165) is 11.1 Å². The van der Waals surface area contributed by atoms with Gasteiger partial charge in [-0.3, -0.25) is 8.37 Å². The van der Waals surface area contributed by atoms with Crippen LogP contribution in [-0.4, -0.2) is 35.7 Å². The maximum Gasteiger partial charge on any atom is 0.193 e. The summed E-state index contributed by atoms with van der Waals surface area (Å²) in [6.07, 6.45) is 1.21. The molecule has 0 fully saturated rings. The van der Waals surface area contributed by atoms with Gasteiger partial charge in [-0.05, 0) is 51.0 Å². The molecule has 2 atom stereocenters. The van der Waals surface area contributed by atoms with Gasteiger partial charge in [-0.25, -0.2) is 17.1 Å². The van der Waals surface area contributed by atoms with E-state index >= 15 is 0 Å². The van der Waals surface area contributed by atoms with Crippen LogP contribution in [0.15, 0.2) is 67.0 Å². The molecule has 0 aromatic heterocycles. The Kier molecular flexibility index (Phi) is 8.18. The number of rotatable bonds is 9. The van der Waals surface area contributed by atoms with Crippen LogP contribution in [0.1, 0.15) is 24.0 Å². The molecule has 28 heavy (non-hydrogen) atoms. The zero-order chi connectivity index (χ0) is 20.6. The van der Waals surface area contributed by atoms with E-state index in [0.29, 0.717) is 22.6 Å². The molecule has 2 rings (SSSR count). The monoisotopic (exact) mass is 424 g/mol. The smallest absolute Gasteiger partial charge is 0.193 e. The Balaban J connectivity index is 1.85. The van der Waals surface area contributed by atoms with Gasteiger partial charge in [-0.15, -0.1) is 0 Å². The summed E-state index contributed by atoms with van der Waals surface area (Å²) in [5, 5.41) is 0. The van der Waals surface area contributed by atoms with Crippen LogP contribution < -0.4 is 0 Å². The molecule has 0 saturated heterocycles. The van der Waals surface area contributed by atoms with Gasteiger partial charge >= 0.3 is 0 Å². The summed E-state index contributed by atoms with van der Waals surface area (Å²) in [5.41, 5.74) is 2.16. The lowest BCUT2D eigenvalue weighted by molar-refractivity contribution is 0.287. The summed E-state index contributed by atoms with van der Waals surface area (Å²) < 4.78 is 44.7. The van der Waals surface area contributed by atoms with Crippen LogP contribution in [-0.2, 0) is 28.4 Å². The van der Waals surface area contributed by atoms with Crippen LogP contribution in [0.2, 0.25) is 0 Å². The molecular formula is C20H28N2O4S2. The third-order valence-electron chi connectivity index (χ3n) is 4.14. The molecule has 0 saturated carbocycles. The van der Waals surface area contributed by atoms with Crippen molar-refractivity contribution in [2.75, 3.05) is 27.3 Å². The van der Waals surface area contributed by atoms with Crippen LogP contribution in [0.5, 0.6) is 0 Å². The highest BCUT2D eigenvalue weighted by Crippen LogP contribution is 2.18. The SMILES string of the molecule is CN=[S@@](=O)(OCCCCO[S@](=O)(=NC)c1ccc(C)cc1)c1ccc(C)cc1. The first kappa shape index (κ1) is 22.5. The molecule has 6 nitrogen and oxygen atoms in total. The average molecular weight is 425 g/mol. The summed E-state index contributed by atoms with van der Waals surface area (Å²) in [7, 11) is -2.78. The molecule has 0 aliphatic rings. The van der Waals surface area contributed by atoms with Gasteiger partial charge in [0.2, 0.25) is 0 Å². The maximum atomic E-state index is 12.8. The predicted molar refractivity (Wildman–Crippen MR) is 113 cm³/mol. The molecule has 8 heteroatoms. The number of hydrogen-bond donors (Lipinski definition) is 0. The van der Waals surface area contributed by atoms with Gasteiger partial charge in [0.15, 0.2) is 20.0 Å². The van der Waals surface area contributed by atoms with E-state index in [2.05, 4.69) is 8.73 Å². The molecule has 0 unspecified atom stereocenters. The van der Waals surface area contributed by atoms with Crippen molar-refractivity contribution in [3.63, 3.8) is 0 Å². The molecule has 154 valence electrons. The van der Waals surface area contributed by atoms with Gasteiger partial charge in [0.25, 0.3) is 0 Å². The minimum absolute atomic E-state index is 0.266. The number of aryl methyl sites for hydroxylation is 2. The van der Waals surface area contributed by atoms with Gasteiger partial charge in [-0.2, -0.15) is 0 Å². The number of benzene rings is 2. The molecule has 0 amide bonds. The zero-order valence-corrected chi connectivity index (χ0v) is 18.4. The van der Waals surface area contributed by atoms with Crippen LogP contribution in [0.25, 0.3) is 0 Å². The van der Waals surface area contributed by atoms with Crippen molar-refractivity contribution in [2.45, 2.75) is 36.5 Å². The lowest BCUT2D eigenvalue weighted by Gasteiger charge is -2.12. The molecule has 0 N–H and O–H groups in total. The number of hydrogen-bond acceptors (Lipinski definition) is 6. The summed E-state index contributed by atoms with van der Waals surface area (Å²) in [6.45, 7) is 4.46. The largest absolute Gasteiger partial charge is 0.281 e. The fourth-order valence-corrected chi connectivity index (χ4v) is 4.97. The molecule has 2 aromatic rings. The van der Waals surface area contributed by atoms with E-state index in [1.807, 2.05) is 38.1 Å². The highest BCUT2D eigenvalue weighted by atomic mass is 32.2. The summed E-state index contributed by atoms with van der Waals surface area (Å²) in [5.74, 6) is 0. The standard InChI is InChI=1S/C20H28N2O4S2/c1-17-7-11-19(12-8-17)27(23,21-3)25-15-5-6-16-26-28(24,22-4)20-13-9-18(2)10-14-20/h7-14H,5-6,15-16H2,1-4H3/t27-,28-/m0/s1. The van der Waals surface area contributed by atoms with Crippen molar-refractivity contribution in [1.82, 2.24) is 0 Å². The van der Waals surface area contributed by atoms with Crippen LogP contribution >= 0.6 is 0 Å². The Bertz CT molecular complexity index is 916. The van der Waals surface area contributed by atoms with Crippen molar-refractivity contribution in [3.05, 3.63) is 59.7 Å². The van der Waals surface area contributed by atoms with E-state index in [4.69, 9.17) is 8.37 Å². The van der Waals surface area contributed by atoms with Gasteiger partial charge < -0.3 is 0 Å². The van der Waals surface area contributed by atoms with E-state index in [9.17, 15) is 8.42 Å². The van der Waals surface area contributed by atoms with Crippen LogP contribution in [0.4, 0.5) is 0 Å². The third-order valence-corrected chi connectivity index (χ3v) is 7.81. The predicted octanol–water partition coefficient (Wildman–Crippen LogP) is 4.56. The van der Waals surface area contributed by atoms with Crippen molar-refractivity contribution in [2.24, 2.45) is 8.73 Å². The first-order chi connectivity index (χ1) is 13.3. The fraction of sp³-hybridized carbons (Fsp3) is 0.400. The lowest BCUT2D eigenvalue weighted by Crippen LogP contribution is -2.10. The molecule has 0 spiro atoms. The molecule has 0 aliphatic heterocycles. The fourth-order valence-electron chi connectivity index (χ4n) is 2.42. The minimum Gasteiger partial charge on any atom is -0.281 e. The molecule has 0 heterocycles. The average Bonchev–Trinajstić information content (AvgIpc) is 2.71. The Hall–Kier alpha value is -1.74. The number of unbranched alkanes of at least 4 members (excludes halogenated alkanes) is 1. The quantitative estimate of drug-likeness (QED) is 0.553. The molecule has 0 radical (unpaired) electrons. The second-order valence-corrected chi connectivity index (χ2v) is 10.3. The lowest BCUT2D eigenvalue weighted by atomic mass is 10.2. The minimum atomic E-state index is -2.88. The van der Waals surface area contributed by atoms with Gasteiger partial charge in [0.05, 0.1) is 23.0 Å².